The normalized spacial score (nSPS) is 16.9. The summed E-state index contributed by atoms with van der Waals surface area (Å²) in [6, 6.07) is 7.85. The van der Waals surface area contributed by atoms with Crippen molar-refractivity contribution in [2.75, 3.05) is 11.9 Å². The Bertz CT molecular complexity index is 383. The molecule has 1 atom stereocenters. The van der Waals surface area contributed by atoms with Crippen molar-refractivity contribution in [1.82, 2.24) is 0 Å². The molecule has 0 saturated heterocycles. The second-order valence-corrected chi connectivity index (χ2v) is 5.34. The lowest BCUT2D eigenvalue weighted by Gasteiger charge is -2.22. The Labute approximate surface area is 105 Å². The molecule has 0 aliphatic heterocycles. The largest absolute Gasteiger partial charge is 0.371 e. The van der Waals surface area contributed by atoms with Crippen LogP contribution in [-0.2, 0) is 6.42 Å². The second kappa shape index (κ2) is 5.09. The molecule has 0 radical (unpaired) electrons. The zero-order valence-electron chi connectivity index (χ0n) is 11.2. The average Bonchev–Trinajstić information content (AvgIpc) is 3.12. The highest BCUT2D eigenvalue weighted by Gasteiger charge is 2.27. The molecule has 0 aromatic heterocycles. The highest BCUT2D eigenvalue weighted by molar-refractivity contribution is 5.55. The molecule has 0 heterocycles. The number of hydrogen-bond donors (Lipinski definition) is 1. The Morgan fingerprint density at radius 3 is 2.65 bits per heavy atom. The third-order valence-electron chi connectivity index (χ3n) is 3.76. The van der Waals surface area contributed by atoms with E-state index in [0.717, 1.165) is 18.9 Å². The summed E-state index contributed by atoms with van der Waals surface area (Å²) >= 11 is 0. The van der Waals surface area contributed by atoms with Gasteiger partial charge in [0, 0.05) is 24.8 Å². The van der Waals surface area contributed by atoms with Crippen molar-refractivity contribution in [1.29, 1.82) is 0 Å². The van der Waals surface area contributed by atoms with Crippen LogP contribution in [0.25, 0.3) is 0 Å². The zero-order chi connectivity index (χ0) is 12.4. The van der Waals surface area contributed by atoms with Gasteiger partial charge in [0.1, 0.15) is 0 Å². The van der Waals surface area contributed by atoms with Crippen molar-refractivity contribution in [3.63, 3.8) is 0 Å². The summed E-state index contributed by atoms with van der Waals surface area (Å²) in [6.45, 7) is 4.35. The van der Waals surface area contributed by atoms with Gasteiger partial charge in [0.2, 0.25) is 0 Å². The fraction of sp³-hybridized carbons (Fsp3) is 0.600. The maximum atomic E-state index is 6.00. The Morgan fingerprint density at radius 2 is 2.12 bits per heavy atom. The van der Waals surface area contributed by atoms with E-state index in [2.05, 4.69) is 44.0 Å². The minimum Gasteiger partial charge on any atom is -0.371 e. The minimum absolute atomic E-state index is 0.293. The lowest BCUT2D eigenvalue weighted by molar-refractivity contribution is 0.646. The predicted octanol–water partition coefficient (Wildman–Crippen LogP) is 2.87. The average molecular weight is 232 g/mol. The molecule has 0 spiro atoms. The number of rotatable bonds is 5. The third-order valence-corrected chi connectivity index (χ3v) is 3.76. The van der Waals surface area contributed by atoms with Gasteiger partial charge in [-0.25, -0.2) is 0 Å². The molecule has 2 nitrogen and oxygen atoms in total. The zero-order valence-corrected chi connectivity index (χ0v) is 11.2. The third kappa shape index (κ3) is 3.01. The fourth-order valence-electron chi connectivity index (χ4n) is 2.35. The molecule has 1 aromatic rings. The number of benzene rings is 1. The Hall–Kier alpha value is -1.02. The van der Waals surface area contributed by atoms with Crippen LogP contribution >= 0.6 is 0 Å². The first-order valence-electron chi connectivity index (χ1n) is 6.69. The molecule has 1 aromatic carbocycles. The van der Waals surface area contributed by atoms with Gasteiger partial charge < -0.3 is 10.6 Å². The molecule has 1 aliphatic rings. The summed E-state index contributed by atoms with van der Waals surface area (Å²) in [6.07, 6.45) is 4.73. The topological polar surface area (TPSA) is 29.3 Å². The van der Waals surface area contributed by atoms with E-state index in [-0.39, 0.29) is 0 Å². The van der Waals surface area contributed by atoms with Crippen LogP contribution < -0.4 is 10.6 Å². The molecule has 1 aliphatic carbocycles. The van der Waals surface area contributed by atoms with Crippen LogP contribution in [0.15, 0.2) is 18.2 Å². The molecule has 94 valence electrons. The first-order valence-corrected chi connectivity index (χ1v) is 6.69. The molecular weight excluding hydrogens is 208 g/mol. The van der Waals surface area contributed by atoms with E-state index in [9.17, 15) is 0 Å². The van der Waals surface area contributed by atoms with Crippen LogP contribution in [0.2, 0.25) is 0 Å². The van der Waals surface area contributed by atoms with Gasteiger partial charge in [-0.2, -0.15) is 0 Å². The van der Waals surface area contributed by atoms with Crippen LogP contribution in [0.3, 0.4) is 0 Å². The maximum Gasteiger partial charge on any atom is 0.0396 e. The van der Waals surface area contributed by atoms with Crippen LogP contribution in [0.4, 0.5) is 5.69 Å². The molecular formula is C15H24N2. The number of aryl methyl sites for hydroxylation is 1. The molecule has 0 amide bonds. The van der Waals surface area contributed by atoms with Crippen LogP contribution in [0.1, 0.15) is 37.3 Å². The van der Waals surface area contributed by atoms with Crippen LogP contribution in [0.5, 0.6) is 0 Å². The van der Waals surface area contributed by atoms with E-state index >= 15 is 0 Å². The summed E-state index contributed by atoms with van der Waals surface area (Å²) in [5.74, 6) is 0. The van der Waals surface area contributed by atoms with Gasteiger partial charge in [0.25, 0.3) is 0 Å². The van der Waals surface area contributed by atoms with E-state index in [1.807, 2.05) is 0 Å². The van der Waals surface area contributed by atoms with Crippen molar-refractivity contribution >= 4 is 5.69 Å². The predicted molar refractivity (Wildman–Crippen MR) is 74.6 cm³/mol. The number of hydrogen-bond acceptors (Lipinski definition) is 2. The van der Waals surface area contributed by atoms with Gasteiger partial charge >= 0.3 is 0 Å². The lowest BCUT2D eigenvalue weighted by atomic mass is 10.0. The first-order chi connectivity index (χ1) is 8.11. The summed E-state index contributed by atoms with van der Waals surface area (Å²) in [5.41, 5.74) is 10.1. The molecule has 1 unspecified atom stereocenters. The smallest absolute Gasteiger partial charge is 0.0396 e. The fourth-order valence-corrected chi connectivity index (χ4v) is 2.35. The molecule has 17 heavy (non-hydrogen) atoms. The van der Waals surface area contributed by atoms with Crippen LogP contribution in [0, 0.1) is 6.92 Å². The van der Waals surface area contributed by atoms with E-state index in [1.165, 1.54) is 29.7 Å². The van der Waals surface area contributed by atoms with Crippen molar-refractivity contribution in [2.24, 2.45) is 5.73 Å². The Balaban J connectivity index is 2.10. The Morgan fingerprint density at radius 1 is 1.41 bits per heavy atom. The van der Waals surface area contributed by atoms with E-state index in [0.29, 0.717) is 6.04 Å². The van der Waals surface area contributed by atoms with Crippen molar-refractivity contribution < 1.29 is 0 Å². The van der Waals surface area contributed by atoms with Gasteiger partial charge in [-0.3, -0.25) is 0 Å². The standard InChI is InChI=1S/C15H24N2/c1-4-13(16)10-12-5-8-15(11(2)9-12)17(3)14-6-7-14/h5,8-9,13-14H,4,6-7,10,16H2,1-3H3. The van der Waals surface area contributed by atoms with Crippen molar-refractivity contribution in [2.45, 2.75) is 51.6 Å². The number of anilines is 1. The summed E-state index contributed by atoms with van der Waals surface area (Å²) in [7, 11) is 2.21. The molecule has 1 fully saturated rings. The summed E-state index contributed by atoms with van der Waals surface area (Å²) < 4.78 is 0. The molecule has 2 heteroatoms. The Kier molecular flexibility index (Phi) is 3.72. The summed E-state index contributed by atoms with van der Waals surface area (Å²) in [5, 5.41) is 0. The van der Waals surface area contributed by atoms with Gasteiger partial charge in [-0.05, 0) is 49.8 Å². The monoisotopic (exact) mass is 232 g/mol. The quantitative estimate of drug-likeness (QED) is 0.846. The van der Waals surface area contributed by atoms with Gasteiger partial charge in [-0.15, -0.1) is 0 Å². The number of nitrogens with two attached hydrogens (primary N) is 1. The van der Waals surface area contributed by atoms with E-state index in [4.69, 9.17) is 5.73 Å². The van der Waals surface area contributed by atoms with Gasteiger partial charge in [-0.1, -0.05) is 19.1 Å². The maximum absolute atomic E-state index is 6.00. The number of nitrogens with zero attached hydrogens (tertiary/aromatic N) is 1. The highest BCUT2D eigenvalue weighted by atomic mass is 15.2. The van der Waals surface area contributed by atoms with Crippen LogP contribution in [-0.4, -0.2) is 19.1 Å². The van der Waals surface area contributed by atoms with E-state index in [1.54, 1.807) is 0 Å². The lowest BCUT2D eigenvalue weighted by Crippen LogP contribution is -2.22. The minimum atomic E-state index is 0.293. The van der Waals surface area contributed by atoms with E-state index < -0.39 is 0 Å². The van der Waals surface area contributed by atoms with Crippen molar-refractivity contribution in [3.05, 3.63) is 29.3 Å². The molecule has 1 saturated carbocycles. The summed E-state index contributed by atoms with van der Waals surface area (Å²) in [4.78, 5) is 2.42. The van der Waals surface area contributed by atoms with Gasteiger partial charge in [0.05, 0.1) is 0 Å². The van der Waals surface area contributed by atoms with Gasteiger partial charge in [0.15, 0.2) is 0 Å². The highest BCUT2D eigenvalue weighted by Crippen LogP contribution is 2.32. The molecule has 2 rings (SSSR count). The molecule has 0 bridgehead atoms. The van der Waals surface area contributed by atoms with Crippen molar-refractivity contribution in [3.8, 4) is 0 Å². The SMILES string of the molecule is CCC(N)Cc1ccc(N(C)C2CC2)c(C)c1. The molecule has 2 N–H and O–H groups in total. The second-order valence-electron chi connectivity index (χ2n) is 5.34. The first kappa shape index (κ1) is 12.4.